The number of hydrogen-bond donors (Lipinski definition) is 1. The molecule has 1 aliphatic rings. The van der Waals surface area contributed by atoms with Gasteiger partial charge >= 0.3 is 0 Å². The van der Waals surface area contributed by atoms with Gasteiger partial charge in [-0.25, -0.2) is 8.78 Å². The summed E-state index contributed by atoms with van der Waals surface area (Å²) in [5, 5.41) is 2.95. The molecule has 4 heteroatoms. The maximum absolute atomic E-state index is 13.8. The Balaban J connectivity index is 1.78. The van der Waals surface area contributed by atoms with Crippen molar-refractivity contribution in [3.8, 4) is 0 Å². The lowest BCUT2D eigenvalue weighted by Crippen LogP contribution is -2.41. The van der Waals surface area contributed by atoms with Crippen molar-refractivity contribution >= 4 is 5.91 Å². The zero-order valence-corrected chi connectivity index (χ0v) is 13.5. The van der Waals surface area contributed by atoms with Crippen LogP contribution in [0.2, 0.25) is 0 Å². The van der Waals surface area contributed by atoms with Crippen molar-refractivity contribution in [3.05, 3.63) is 71.3 Å². The van der Waals surface area contributed by atoms with Crippen LogP contribution in [-0.4, -0.2) is 11.9 Å². The molecule has 1 atom stereocenters. The monoisotopic (exact) mass is 329 g/mol. The fourth-order valence-corrected chi connectivity index (χ4v) is 3.48. The fourth-order valence-electron chi connectivity index (χ4n) is 3.48. The Bertz CT molecular complexity index is 696. The van der Waals surface area contributed by atoms with E-state index in [2.05, 4.69) is 5.32 Å². The van der Waals surface area contributed by atoms with E-state index in [0.29, 0.717) is 12.3 Å². The van der Waals surface area contributed by atoms with Gasteiger partial charge in [0.25, 0.3) is 5.91 Å². The first-order valence-electron chi connectivity index (χ1n) is 8.43. The molecule has 0 saturated heterocycles. The minimum Gasteiger partial charge on any atom is -0.349 e. The van der Waals surface area contributed by atoms with Gasteiger partial charge in [0.2, 0.25) is 0 Å². The molecule has 2 nitrogen and oxygen atoms in total. The lowest BCUT2D eigenvalue weighted by atomic mass is 9.92. The summed E-state index contributed by atoms with van der Waals surface area (Å²) < 4.78 is 27.2. The molecule has 0 aromatic heterocycles. The number of halogens is 2. The van der Waals surface area contributed by atoms with Crippen molar-refractivity contribution in [1.29, 1.82) is 0 Å². The fraction of sp³-hybridized carbons (Fsp3) is 0.350. The Kier molecular flexibility index (Phi) is 5.24. The largest absolute Gasteiger partial charge is 0.349 e. The third-order valence-corrected chi connectivity index (χ3v) is 4.76. The average molecular weight is 329 g/mol. The lowest BCUT2D eigenvalue weighted by Gasteiger charge is -2.25. The Labute approximate surface area is 140 Å². The molecule has 1 saturated carbocycles. The summed E-state index contributed by atoms with van der Waals surface area (Å²) in [5.41, 5.74) is 0.903. The van der Waals surface area contributed by atoms with Crippen LogP contribution in [0.25, 0.3) is 0 Å². The highest BCUT2D eigenvalue weighted by molar-refractivity contribution is 5.94. The second-order valence-electron chi connectivity index (χ2n) is 6.44. The Morgan fingerprint density at radius 2 is 1.79 bits per heavy atom. The zero-order valence-electron chi connectivity index (χ0n) is 13.5. The van der Waals surface area contributed by atoms with Crippen LogP contribution in [0, 0.1) is 17.6 Å². The van der Waals surface area contributed by atoms with Gasteiger partial charge in [-0.1, -0.05) is 43.2 Å². The van der Waals surface area contributed by atoms with E-state index in [9.17, 15) is 13.6 Å². The quantitative estimate of drug-likeness (QED) is 0.860. The van der Waals surface area contributed by atoms with Crippen LogP contribution in [0.3, 0.4) is 0 Å². The molecule has 3 rings (SSSR count). The predicted octanol–water partition coefficient (Wildman–Crippen LogP) is 4.50. The lowest BCUT2D eigenvalue weighted by molar-refractivity contribution is 0.0917. The molecule has 0 spiro atoms. The summed E-state index contributed by atoms with van der Waals surface area (Å²) in [6, 6.07) is 12.8. The Morgan fingerprint density at radius 1 is 1.08 bits per heavy atom. The zero-order chi connectivity index (χ0) is 16.9. The van der Waals surface area contributed by atoms with Crippen LogP contribution in [-0.2, 0) is 6.42 Å². The second-order valence-corrected chi connectivity index (χ2v) is 6.44. The molecule has 1 N–H and O–H groups in total. The molecule has 1 amide bonds. The Morgan fingerprint density at radius 3 is 2.50 bits per heavy atom. The molecular weight excluding hydrogens is 308 g/mol. The van der Waals surface area contributed by atoms with Crippen LogP contribution in [0.15, 0.2) is 48.5 Å². The number of carbonyl (C=O) groups excluding carboxylic acids is 1. The predicted molar refractivity (Wildman–Crippen MR) is 89.7 cm³/mol. The molecule has 2 aromatic rings. The topological polar surface area (TPSA) is 29.1 Å². The molecule has 1 aliphatic carbocycles. The summed E-state index contributed by atoms with van der Waals surface area (Å²) in [6.45, 7) is 0. The molecular formula is C20H21F2NO. The highest BCUT2D eigenvalue weighted by Crippen LogP contribution is 2.29. The van der Waals surface area contributed by atoms with Gasteiger partial charge in [0.1, 0.15) is 11.6 Å². The third-order valence-electron chi connectivity index (χ3n) is 4.76. The van der Waals surface area contributed by atoms with Gasteiger partial charge in [0, 0.05) is 6.04 Å². The first kappa shape index (κ1) is 16.6. The van der Waals surface area contributed by atoms with E-state index in [1.165, 1.54) is 0 Å². The maximum atomic E-state index is 13.8. The van der Waals surface area contributed by atoms with E-state index in [1.54, 1.807) is 0 Å². The standard InChI is InChI=1S/C20H21F2NO/c21-16-10-11-18(22)17(13-16)20(24)23-19(15-8-4-5-9-15)12-14-6-2-1-3-7-14/h1-3,6-7,10-11,13,15,19H,4-5,8-9,12H2,(H,23,24). The van der Waals surface area contributed by atoms with Crippen molar-refractivity contribution in [1.82, 2.24) is 5.32 Å². The van der Waals surface area contributed by atoms with E-state index < -0.39 is 17.5 Å². The van der Waals surface area contributed by atoms with Crippen molar-refractivity contribution < 1.29 is 13.6 Å². The number of hydrogen-bond acceptors (Lipinski definition) is 1. The molecule has 24 heavy (non-hydrogen) atoms. The highest BCUT2D eigenvalue weighted by Gasteiger charge is 2.27. The van der Waals surface area contributed by atoms with Gasteiger partial charge in [-0.15, -0.1) is 0 Å². The Hall–Kier alpha value is -2.23. The van der Waals surface area contributed by atoms with Gasteiger partial charge in [-0.3, -0.25) is 4.79 Å². The summed E-state index contributed by atoms with van der Waals surface area (Å²) in [7, 11) is 0. The van der Waals surface area contributed by atoms with E-state index in [-0.39, 0.29) is 11.6 Å². The van der Waals surface area contributed by atoms with Crippen LogP contribution < -0.4 is 5.32 Å². The second kappa shape index (κ2) is 7.56. The van der Waals surface area contributed by atoms with E-state index >= 15 is 0 Å². The highest BCUT2D eigenvalue weighted by atomic mass is 19.1. The van der Waals surface area contributed by atoms with Crippen molar-refractivity contribution in [3.63, 3.8) is 0 Å². The molecule has 0 aliphatic heterocycles. The number of amides is 1. The smallest absolute Gasteiger partial charge is 0.254 e. The van der Waals surface area contributed by atoms with E-state index in [4.69, 9.17) is 0 Å². The summed E-state index contributed by atoms with van der Waals surface area (Å²) >= 11 is 0. The molecule has 126 valence electrons. The summed E-state index contributed by atoms with van der Waals surface area (Å²) in [4.78, 5) is 12.5. The van der Waals surface area contributed by atoms with Crippen LogP contribution in [0.5, 0.6) is 0 Å². The number of nitrogens with one attached hydrogen (secondary N) is 1. The normalized spacial score (nSPS) is 16.1. The first-order valence-corrected chi connectivity index (χ1v) is 8.43. The molecule has 0 radical (unpaired) electrons. The molecule has 0 heterocycles. The van der Waals surface area contributed by atoms with Crippen molar-refractivity contribution in [2.75, 3.05) is 0 Å². The van der Waals surface area contributed by atoms with Crippen molar-refractivity contribution in [2.24, 2.45) is 5.92 Å². The van der Waals surface area contributed by atoms with Gasteiger partial charge in [0.15, 0.2) is 0 Å². The number of benzene rings is 2. The van der Waals surface area contributed by atoms with Gasteiger partial charge in [-0.05, 0) is 48.9 Å². The summed E-state index contributed by atoms with van der Waals surface area (Å²) in [6.07, 6.45) is 5.13. The molecule has 2 aromatic carbocycles. The minimum absolute atomic E-state index is 0.0648. The van der Waals surface area contributed by atoms with E-state index in [1.807, 2.05) is 30.3 Å². The van der Waals surface area contributed by atoms with Crippen LogP contribution in [0.4, 0.5) is 8.78 Å². The minimum atomic E-state index is -0.696. The van der Waals surface area contributed by atoms with E-state index in [0.717, 1.165) is 49.4 Å². The number of carbonyl (C=O) groups is 1. The third kappa shape index (κ3) is 3.99. The maximum Gasteiger partial charge on any atom is 0.254 e. The summed E-state index contributed by atoms with van der Waals surface area (Å²) in [5.74, 6) is -1.47. The van der Waals surface area contributed by atoms with Gasteiger partial charge < -0.3 is 5.32 Å². The SMILES string of the molecule is O=C(NC(Cc1ccccc1)C1CCCC1)c1cc(F)ccc1F. The molecule has 0 bridgehead atoms. The van der Waals surface area contributed by atoms with Crippen LogP contribution >= 0.6 is 0 Å². The molecule has 1 fully saturated rings. The van der Waals surface area contributed by atoms with Gasteiger partial charge in [0.05, 0.1) is 5.56 Å². The average Bonchev–Trinajstić information content (AvgIpc) is 3.12. The first-order chi connectivity index (χ1) is 11.6. The molecule has 1 unspecified atom stereocenters. The van der Waals surface area contributed by atoms with Crippen LogP contribution in [0.1, 0.15) is 41.6 Å². The van der Waals surface area contributed by atoms with Gasteiger partial charge in [-0.2, -0.15) is 0 Å². The van der Waals surface area contributed by atoms with Crippen molar-refractivity contribution in [2.45, 2.75) is 38.1 Å². The number of rotatable bonds is 5.